The van der Waals surface area contributed by atoms with Crippen molar-refractivity contribution < 1.29 is 14.0 Å². The van der Waals surface area contributed by atoms with Gasteiger partial charge in [-0.1, -0.05) is 44.7 Å². The van der Waals surface area contributed by atoms with Crippen LogP contribution < -0.4 is 0 Å². The third kappa shape index (κ3) is 4.89. The zero-order chi connectivity index (χ0) is 21.4. The van der Waals surface area contributed by atoms with Crippen molar-refractivity contribution in [2.24, 2.45) is 10.2 Å². The minimum absolute atomic E-state index is 0.00501. The summed E-state index contributed by atoms with van der Waals surface area (Å²) in [6.45, 7) is 18.7. The lowest BCUT2D eigenvalue weighted by Crippen LogP contribution is -2.45. The molecule has 0 aromatic rings. The molecule has 7 nitrogen and oxygen atoms in total. The van der Waals surface area contributed by atoms with Crippen LogP contribution in [-0.2, 0) is 14.0 Å². The maximum absolute atomic E-state index is 12.6. The van der Waals surface area contributed by atoms with Crippen LogP contribution in [0.4, 0.5) is 0 Å². The molecule has 0 bridgehead atoms. The number of carbonyl (C=O) groups is 2. The molecule has 10 heteroatoms. The molecule has 2 rings (SSSR count). The van der Waals surface area contributed by atoms with Gasteiger partial charge in [0.05, 0.1) is 5.25 Å². The Hall–Kier alpha value is -1.10. The van der Waals surface area contributed by atoms with E-state index in [1.807, 2.05) is 13.8 Å². The fourth-order valence-electron chi connectivity index (χ4n) is 2.25. The quantitative estimate of drug-likeness (QED) is 0.369. The van der Waals surface area contributed by atoms with E-state index in [2.05, 4.69) is 50.6 Å². The Morgan fingerprint density at radius 1 is 1.18 bits per heavy atom. The van der Waals surface area contributed by atoms with Crippen molar-refractivity contribution in [3.63, 3.8) is 0 Å². The second-order valence-corrected chi connectivity index (χ2v) is 15.7. The van der Waals surface area contributed by atoms with E-state index in [4.69, 9.17) is 4.43 Å². The molecule has 2 aliphatic rings. The predicted molar refractivity (Wildman–Crippen MR) is 121 cm³/mol. The van der Waals surface area contributed by atoms with E-state index in [0.29, 0.717) is 16.9 Å². The maximum Gasteiger partial charge on any atom is 0.267 e. The lowest BCUT2D eigenvalue weighted by molar-refractivity contribution is -0.129. The van der Waals surface area contributed by atoms with Crippen LogP contribution in [0.1, 0.15) is 34.6 Å². The molecule has 2 amide bonds. The lowest BCUT2D eigenvalue weighted by atomic mass is 10.2. The topological polar surface area (TPSA) is 74.6 Å². The molecule has 0 N–H and O–H groups in total. The van der Waals surface area contributed by atoms with Gasteiger partial charge in [-0.2, -0.15) is 0 Å². The molecule has 0 saturated carbocycles. The van der Waals surface area contributed by atoms with Gasteiger partial charge in [0.2, 0.25) is 5.91 Å². The van der Waals surface area contributed by atoms with Crippen molar-refractivity contribution >= 4 is 54.0 Å². The number of carbonyl (C=O) groups excluding carboxylic acids is 2. The molecule has 2 fully saturated rings. The van der Waals surface area contributed by atoms with E-state index in [1.54, 1.807) is 11.9 Å². The highest BCUT2D eigenvalue weighted by molar-refractivity contribution is 8.16. The highest BCUT2D eigenvalue weighted by atomic mass is 32.2. The maximum atomic E-state index is 12.6. The number of amidine groups is 2. The summed E-state index contributed by atoms with van der Waals surface area (Å²) in [6.07, 6.45) is 0. The molecule has 0 aromatic carbocycles. The highest BCUT2D eigenvalue weighted by Crippen LogP contribution is 2.40. The van der Waals surface area contributed by atoms with Crippen LogP contribution in [0.5, 0.6) is 0 Å². The molecule has 28 heavy (non-hydrogen) atoms. The van der Waals surface area contributed by atoms with Gasteiger partial charge in [0, 0.05) is 13.6 Å². The fourth-order valence-corrected chi connectivity index (χ4v) is 5.86. The smallest absolute Gasteiger partial charge is 0.267 e. The van der Waals surface area contributed by atoms with Crippen LogP contribution in [0.25, 0.3) is 0 Å². The number of hydrogen-bond donors (Lipinski definition) is 0. The van der Waals surface area contributed by atoms with Gasteiger partial charge in [-0.3, -0.25) is 19.4 Å². The summed E-state index contributed by atoms with van der Waals surface area (Å²) >= 11 is 2.64. The Kier molecular flexibility index (Phi) is 6.90. The summed E-state index contributed by atoms with van der Waals surface area (Å²) in [6, 6.07) is 0. The van der Waals surface area contributed by atoms with E-state index in [1.165, 1.54) is 28.4 Å². The average molecular weight is 443 g/mol. The molecule has 2 saturated heterocycles. The highest BCUT2D eigenvalue weighted by Gasteiger charge is 2.45. The Morgan fingerprint density at radius 2 is 1.75 bits per heavy atom. The van der Waals surface area contributed by atoms with Gasteiger partial charge in [-0.15, -0.1) is 10.2 Å². The van der Waals surface area contributed by atoms with E-state index in [-0.39, 0.29) is 22.1 Å². The summed E-state index contributed by atoms with van der Waals surface area (Å²) in [5.74, 6) is -0.134. The Balaban J connectivity index is 2.20. The summed E-state index contributed by atoms with van der Waals surface area (Å²) in [5, 5.41) is 9.36. The van der Waals surface area contributed by atoms with Crippen LogP contribution in [0.2, 0.25) is 18.1 Å². The van der Waals surface area contributed by atoms with Crippen LogP contribution in [0.3, 0.4) is 0 Å². The van der Waals surface area contributed by atoms with Crippen LogP contribution in [0, 0.1) is 0 Å². The molecule has 0 radical (unpaired) electrons. The van der Waals surface area contributed by atoms with Crippen LogP contribution >= 0.6 is 23.5 Å². The Morgan fingerprint density at radius 3 is 2.29 bits per heavy atom. The summed E-state index contributed by atoms with van der Waals surface area (Å²) < 4.78 is 6.26. The lowest BCUT2D eigenvalue weighted by Gasteiger charge is -2.37. The predicted octanol–water partition coefficient (Wildman–Crippen LogP) is 3.71. The molecule has 0 spiro atoms. The standard InChI is InChI=1S/C18H30N4O3S2Si/c1-11(2)10-22-13(23)12(3)26-17(22)20-19-16-21(7)14(24)15(27-16)25-28(8,9)18(4,5)6/h12,15H,1,10H2,2-9H3. The van der Waals surface area contributed by atoms with Crippen LogP contribution in [0.15, 0.2) is 22.4 Å². The number of nitrogens with zero attached hydrogens (tertiary/aromatic N) is 4. The molecular weight excluding hydrogens is 412 g/mol. The summed E-state index contributed by atoms with van der Waals surface area (Å²) in [7, 11) is -0.422. The first kappa shape index (κ1) is 23.2. The number of likely N-dealkylation sites (N-methyl/N-ethyl adjacent to an activating group) is 1. The van der Waals surface area contributed by atoms with Crippen molar-refractivity contribution in [2.45, 2.75) is 63.4 Å². The molecule has 2 aliphatic heterocycles. The first-order chi connectivity index (χ1) is 12.7. The van der Waals surface area contributed by atoms with Gasteiger partial charge in [0.15, 0.2) is 24.1 Å². The van der Waals surface area contributed by atoms with Gasteiger partial charge in [0.1, 0.15) is 0 Å². The number of rotatable bonds is 5. The van der Waals surface area contributed by atoms with Crippen molar-refractivity contribution in [1.29, 1.82) is 0 Å². The molecule has 2 unspecified atom stereocenters. The van der Waals surface area contributed by atoms with Gasteiger partial charge in [0.25, 0.3) is 5.91 Å². The van der Waals surface area contributed by atoms with Crippen molar-refractivity contribution in [2.75, 3.05) is 13.6 Å². The summed E-state index contributed by atoms with van der Waals surface area (Å²) in [5.41, 5.74) is 0.266. The number of thioether (sulfide) groups is 2. The monoisotopic (exact) mass is 442 g/mol. The largest absolute Gasteiger partial charge is 0.397 e. The first-order valence-corrected chi connectivity index (χ1v) is 13.8. The van der Waals surface area contributed by atoms with E-state index in [0.717, 1.165) is 5.57 Å². The van der Waals surface area contributed by atoms with Gasteiger partial charge >= 0.3 is 0 Å². The number of hydrogen-bond acceptors (Lipinski definition) is 7. The third-order valence-corrected chi connectivity index (χ3v) is 11.8. The Bertz CT molecular complexity index is 746. The normalized spacial score (nSPS) is 26.9. The second-order valence-electron chi connectivity index (χ2n) is 8.63. The molecule has 0 aliphatic carbocycles. The zero-order valence-electron chi connectivity index (χ0n) is 17.9. The molecule has 2 heterocycles. The Labute approximate surface area is 177 Å². The van der Waals surface area contributed by atoms with Gasteiger partial charge < -0.3 is 4.43 Å². The van der Waals surface area contributed by atoms with Crippen molar-refractivity contribution in [3.8, 4) is 0 Å². The second kappa shape index (κ2) is 8.33. The van der Waals surface area contributed by atoms with Crippen molar-refractivity contribution in [3.05, 3.63) is 12.2 Å². The SMILES string of the molecule is C=C(C)CN1C(=O)C(C)SC1=NN=C1SC(O[Si](C)(C)C(C)(C)C)C(=O)N1C. The van der Waals surface area contributed by atoms with E-state index < -0.39 is 13.8 Å². The van der Waals surface area contributed by atoms with Crippen LogP contribution in [-0.4, -0.2) is 64.5 Å². The summed E-state index contributed by atoms with van der Waals surface area (Å²) in [4.78, 5) is 28.0. The molecule has 2 atom stereocenters. The minimum atomic E-state index is -2.09. The van der Waals surface area contributed by atoms with E-state index >= 15 is 0 Å². The fraction of sp³-hybridized carbons (Fsp3) is 0.667. The molecule has 156 valence electrons. The minimum Gasteiger partial charge on any atom is -0.397 e. The molecular formula is C18H30N4O3S2Si. The van der Waals surface area contributed by atoms with Gasteiger partial charge in [-0.05, 0) is 43.7 Å². The number of amides is 2. The third-order valence-electron chi connectivity index (χ3n) is 5.02. The first-order valence-electron chi connectivity index (χ1n) is 9.14. The van der Waals surface area contributed by atoms with Crippen molar-refractivity contribution in [1.82, 2.24) is 9.80 Å². The average Bonchev–Trinajstić information content (AvgIpc) is 2.96. The zero-order valence-corrected chi connectivity index (χ0v) is 20.5. The van der Waals surface area contributed by atoms with Gasteiger partial charge in [-0.25, -0.2) is 0 Å². The van der Waals surface area contributed by atoms with E-state index in [9.17, 15) is 9.59 Å². The molecule has 0 aromatic heterocycles.